The van der Waals surface area contributed by atoms with Gasteiger partial charge in [-0.05, 0) is 18.1 Å². The van der Waals surface area contributed by atoms with Crippen LogP contribution in [0.1, 0.15) is 32.4 Å². The predicted octanol–water partition coefficient (Wildman–Crippen LogP) is 3.28. The van der Waals surface area contributed by atoms with Gasteiger partial charge in [0, 0.05) is 5.25 Å². The van der Waals surface area contributed by atoms with Crippen LogP contribution in [0.5, 0.6) is 0 Å². The van der Waals surface area contributed by atoms with Crippen molar-refractivity contribution < 1.29 is 4.42 Å². The molecule has 4 heteroatoms. The van der Waals surface area contributed by atoms with Gasteiger partial charge >= 0.3 is 0 Å². The van der Waals surface area contributed by atoms with Crippen molar-refractivity contribution in [3.05, 3.63) is 24.2 Å². The molecule has 1 aliphatic heterocycles. The van der Waals surface area contributed by atoms with E-state index in [0.717, 1.165) is 29.9 Å². The highest BCUT2D eigenvalue weighted by Crippen LogP contribution is 2.30. The lowest BCUT2D eigenvalue weighted by molar-refractivity contribution is 0.479. The van der Waals surface area contributed by atoms with Crippen LogP contribution in [0.15, 0.2) is 27.8 Å². The van der Waals surface area contributed by atoms with Crippen molar-refractivity contribution in [2.75, 3.05) is 6.54 Å². The van der Waals surface area contributed by atoms with Gasteiger partial charge in [-0.3, -0.25) is 4.99 Å². The predicted molar refractivity (Wildman–Crippen MR) is 73.3 cm³/mol. The molecule has 0 aliphatic carbocycles. The fourth-order valence-electron chi connectivity index (χ4n) is 2.12. The average molecular weight is 252 g/mol. The molecule has 2 rings (SSSR count). The number of thioether (sulfide) groups is 1. The van der Waals surface area contributed by atoms with Crippen molar-refractivity contribution >= 4 is 16.9 Å². The van der Waals surface area contributed by atoms with E-state index in [0.29, 0.717) is 5.25 Å². The zero-order valence-electron chi connectivity index (χ0n) is 10.5. The van der Waals surface area contributed by atoms with Gasteiger partial charge < -0.3 is 9.73 Å². The Morgan fingerprint density at radius 1 is 1.53 bits per heavy atom. The summed E-state index contributed by atoms with van der Waals surface area (Å²) in [6, 6.07) is 3.89. The zero-order chi connectivity index (χ0) is 12.1. The van der Waals surface area contributed by atoms with Gasteiger partial charge in [0.25, 0.3) is 0 Å². The van der Waals surface area contributed by atoms with Crippen molar-refractivity contribution in [2.45, 2.75) is 38.5 Å². The normalized spacial score (nSPS) is 19.7. The van der Waals surface area contributed by atoms with Gasteiger partial charge in [-0.25, -0.2) is 0 Å². The maximum atomic E-state index is 5.28. The van der Waals surface area contributed by atoms with Crippen molar-refractivity contribution in [1.29, 1.82) is 0 Å². The molecule has 0 bridgehead atoms. The average Bonchev–Trinajstić information content (AvgIpc) is 2.99. The summed E-state index contributed by atoms with van der Waals surface area (Å²) >= 11 is 1.89. The molecule has 2 heterocycles. The van der Waals surface area contributed by atoms with Gasteiger partial charge in [-0.1, -0.05) is 38.5 Å². The van der Waals surface area contributed by atoms with Crippen LogP contribution in [0, 0.1) is 5.92 Å². The summed E-state index contributed by atoms with van der Waals surface area (Å²) in [7, 11) is 0. The Kier molecular flexibility index (Phi) is 4.54. The van der Waals surface area contributed by atoms with Crippen molar-refractivity contribution in [3.8, 4) is 0 Å². The van der Waals surface area contributed by atoms with Crippen LogP contribution in [0.4, 0.5) is 0 Å². The summed E-state index contributed by atoms with van der Waals surface area (Å²) in [5.41, 5.74) is 0. The second-order valence-corrected chi connectivity index (χ2v) is 5.54. The highest BCUT2D eigenvalue weighted by molar-refractivity contribution is 8.14. The molecule has 94 valence electrons. The number of aliphatic imine (C=N–C) groups is 1. The number of hydrogen-bond donors (Lipinski definition) is 1. The van der Waals surface area contributed by atoms with Gasteiger partial charge in [0.05, 0.1) is 19.4 Å². The Morgan fingerprint density at radius 3 is 3.00 bits per heavy atom. The first-order valence-electron chi connectivity index (χ1n) is 6.30. The lowest BCUT2D eigenvalue weighted by Gasteiger charge is -2.18. The maximum Gasteiger partial charge on any atom is 0.157 e. The molecule has 1 aromatic heterocycles. The van der Waals surface area contributed by atoms with E-state index in [2.05, 4.69) is 24.2 Å². The first-order chi connectivity index (χ1) is 8.33. The van der Waals surface area contributed by atoms with Gasteiger partial charge in [-0.2, -0.15) is 0 Å². The number of amidine groups is 1. The molecule has 1 aliphatic rings. The van der Waals surface area contributed by atoms with Crippen molar-refractivity contribution in [2.24, 2.45) is 10.9 Å². The SMILES string of the molecule is CCC(CC)C1CN=C(NCc2ccco2)S1. The molecule has 3 nitrogen and oxygen atoms in total. The Morgan fingerprint density at radius 2 is 2.35 bits per heavy atom. The van der Waals surface area contributed by atoms with Crippen molar-refractivity contribution in [3.63, 3.8) is 0 Å². The van der Waals surface area contributed by atoms with E-state index in [1.807, 2.05) is 23.9 Å². The van der Waals surface area contributed by atoms with Crippen LogP contribution >= 0.6 is 11.8 Å². The van der Waals surface area contributed by atoms with E-state index in [4.69, 9.17) is 4.42 Å². The van der Waals surface area contributed by atoms with Crippen LogP contribution < -0.4 is 5.32 Å². The fourth-order valence-corrected chi connectivity index (χ4v) is 3.44. The van der Waals surface area contributed by atoms with Crippen LogP contribution in [-0.2, 0) is 6.54 Å². The summed E-state index contributed by atoms with van der Waals surface area (Å²) in [6.07, 6.45) is 4.19. The van der Waals surface area contributed by atoms with E-state index in [1.165, 1.54) is 12.8 Å². The lowest BCUT2D eigenvalue weighted by atomic mass is 9.99. The zero-order valence-corrected chi connectivity index (χ0v) is 11.3. The van der Waals surface area contributed by atoms with Gasteiger partial charge in [-0.15, -0.1) is 0 Å². The molecular formula is C13H20N2OS. The number of furan rings is 1. The number of nitrogens with one attached hydrogen (secondary N) is 1. The molecule has 17 heavy (non-hydrogen) atoms. The largest absolute Gasteiger partial charge is 0.467 e. The minimum atomic E-state index is 0.657. The molecule has 1 N–H and O–H groups in total. The molecule has 0 radical (unpaired) electrons. The molecule has 1 atom stereocenters. The van der Waals surface area contributed by atoms with Gasteiger partial charge in [0.2, 0.25) is 0 Å². The first-order valence-corrected chi connectivity index (χ1v) is 7.18. The summed E-state index contributed by atoms with van der Waals surface area (Å²) in [5, 5.41) is 5.06. The number of hydrogen-bond acceptors (Lipinski definition) is 4. The van der Waals surface area contributed by atoms with E-state index in [1.54, 1.807) is 6.26 Å². The molecule has 0 amide bonds. The van der Waals surface area contributed by atoms with E-state index in [9.17, 15) is 0 Å². The molecule has 0 saturated heterocycles. The van der Waals surface area contributed by atoms with Gasteiger partial charge in [0.1, 0.15) is 5.76 Å². The maximum absolute atomic E-state index is 5.28. The Balaban J connectivity index is 1.77. The summed E-state index contributed by atoms with van der Waals surface area (Å²) in [4.78, 5) is 4.56. The van der Waals surface area contributed by atoms with Crippen LogP contribution in [0.25, 0.3) is 0 Å². The minimum Gasteiger partial charge on any atom is -0.467 e. The van der Waals surface area contributed by atoms with Gasteiger partial charge in [0.15, 0.2) is 5.17 Å². The summed E-state index contributed by atoms with van der Waals surface area (Å²) in [6.45, 7) is 6.22. The molecule has 1 aromatic rings. The Labute approximate surface area is 107 Å². The third kappa shape index (κ3) is 3.28. The number of nitrogens with zero attached hydrogens (tertiary/aromatic N) is 1. The molecule has 0 fully saturated rings. The van der Waals surface area contributed by atoms with E-state index in [-0.39, 0.29) is 0 Å². The number of rotatable bonds is 5. The molecule has 0 saturated carbocycles. The quantitative estimate of drug-likeness (QED) is 0.874. The summed E-state index contributed by atoms with van der Waals surface area (Å²) < 4.78 is 5.28. The molecule has 0 spiro atoms. The molecule has 0 aromatic carbocycles. The molecular weight excluding hydrogens is 232 g/mol. The highest BCUT2D eigenvalue weighted by Gasteiger charge is 2.25. The van der Waals surface area contributed by atoms with Crippen LogP contribution in [0.3, 0.4) is 0 Å². The van der Waals surface area contributed by atoms with Crippen LogP contribution in [-0.4, -0.2) is 17.0 Å². The van der Waals surface area contributed by atoms with E-state index >= 15 is 0 Å². The third-order valence-electron chi connectivity index (χ3n) is 3.25. The highest BCUT2D eigenvalue weighted by atomic mass is 32.2. The minimum absolute atomic E-state index is 0.657. The Bertz CT molecular complexity index is 358. The standard InChI is InChI=1S/C13H20N2OS/c1-3-10(4-2)12-9-15-13(17-12)14-8-11-6-5-7-16-11/h5-7,10,12H,3-4,8-9H2,1-2H3,(H,14,15). The fraction of sp³-hybridized carbons (Fsp3) is 0.615. The third-order valence-corrected chi connectivity index (χ3v) is 4.58. The van der Waals surface area contributed by atoms with Crippen LogP contribution in [0.2, 0.25) is 0 Å². The molecule has 1 unspecified atom stereocenters. The first kappa shape index (κ1) is 12.6. The second-order valence-electron chi connectivity index (χ2n) is 4.31. The van der Waals surface area contributed by atoms with Crippen molar-refractivity contribution in [1.82, 2.24) is 5.32 Å². The smallest absolute Gasteiger partial charge is 0.157 e. The summed E-state index contributed by atoms with van der Waals surface area (Å²) in [5.74, 6) is 1.74. The monoisotopic (exact) mass is 252 g/mol. The van der Waals surface area contributed by atoms with E-state index < -0.39 is 0 Å². The second kappa shape index (κ2) is 6.15. The topological polar surface area (TPSA) is 37.5 Å². The Hall–Kier alpha value is -0.900. The lowest BCUT2D eigenvalue weighted by Crippen LogP contribution is -2.21.